The fraction of sp³-hybridized carbons (Fsp3) is 0.789. The number of ether oxygens (including phenoxy) is 1. The topological polar surface area (TPSA) is 63.6 Å². The Labute approximate surface area is 147 Å². The molecule has 0 heterocycles. The van der Waals surface area contributed by atoms with Gasteiger partial charge in [0, 0.05) is 6.42 Å². The van der Waals surface area contributed by atoms with Crippen LogP contribution in [0.3, 0.4) is 0 Å². The van der Waals surface area contributed by atoms with Gasteiger partial charge in [-0.05, 0) is 25.7 Å². The van der Waals surface area contributed by atoms with Gasteiger partial charge in [-0.1, -0.05) is 38.3 Å². The van der Waals surface area contributed by atoms with Gasteiger partial charge in [0.15, 0.2) is 6.10 Å². The minimum absolute atomic E-state index is 0.140. The molecule has 0 aromatic rings. The lowest BCUT2D eigenvalue weighted by Gasteiger charge is -2.28. The molecule has 24 heavy (non-hydrogen) atoms. The number of hydrogen-bond donors (Lipinski definition) is 1. The average Bonchev–Trinajstić information content (AvgIpc) is 2.42. The Morgan fingerprint density at radius 2 is 1.67 bits per heavy atom. The molecule has 0 aromatic heterocycles. The van der Waals surface area contributed by atoms with Gasteiger partial charge in [0.2, 0.25) is 0 Å². The van der Waals surface area contributed by atoms with E-state index in [1.807, 2.05) is 21.1 Å². The number of carboxylic acid groups (broad SMARTS) is 1. The molecule has 0 rings (SSSR count). The first-order valence-electron chi connectivity index (χ1n) is 9.11. The fourth-order valence-electron chi connectivity index (χ4n) is 2.48. The van der Waals surface area contributed by atoms with E-state index < -0.39 is 12.1 Å². The Morgan fingerprint density at radius 3 is 2.21 bits per heavy atom. The van der Waals surface area contributed by atoms with Gasteiger partial charge in [0.25, 0.3) is 0 Å². The molecule has 0 saturated carbocycles. The monoisotopic (exact) mass is 342 g/mol. The van der Waals surface area contributed by atoms with Crippen molar-refractivity contribution in [1.29, 1.82) is 0 Å². The number of carbonyl (C=O) groups excluding carboxylic acids is 1. The molecule has 1 N–H and O–H groups in total. The zero-order valence-electron chi connectivity index (χ0n) is 15.9. The third kappa shape index (κ3) is 15.5. The molecule has 1 atom stereocenters. The van der Waals surface area contributed by atoms with Crippen molar-refractivity contribution in [1.82, 2.24) is 0 Å². The first-order valence-corrected chi connectivity index (χ1v) is 9.11. The summed E-state index contributed by atoms with van der Waals surface area (Å²) in [5.74, 6) is -1.24. The van der Waals surface area contributed by atoms with E-state index >= 15 is 0 Å². The summed E-state index contributed by atoms with van der Waals surface area (Å²) in [7, 11) is 5.86. The van der Waals surface area contributed by atoms with Gasteiger partial charge in [-0.3, -0.25) is 9.59 Å². The molecule has 5 nitrogen and oxygen atoms in total. The van der Waals surface area contributed by atoms with E-state index in [4.69, 9.17) is 9.84 Å². The molecule has 5 heteroatoms. The second-order valence-electron chi connectivity index (χ2n) is 7.40. The number of hydrogen-bond acceptors (Lipinski definition) is 3. The van der Waals surface area contributed by atoms with Crippen LogP contribution in [0.25, 0.3) is 0 Å². The average molecular weight is 343 g/mol. The van der Waals surface area contributed by atoms with E-state index in [-0.39, 0.29) is 12.4 Å². The first kappa shape index (κ1) is 22.6. The molecule has 0 amide bonds. The molecule has 0 aliphatic rings. The molecule has 0 fully saturated rings. The van der Waals surface area contributed by atoms with E-state index in [2.05, 4.69) is 19.1 Å². The molecule has 0 spiro atoms. The summed E-state index contributed by atoms with van der Waals surface area (Å²) in [5.41, 5.74) is 0. The lowest BCUT2D eigenvalue weighted by atomic mass is 10.1. The number of likely N-dealkylation sites (N-methyl/N-ethyl adjacent to an activating group) is 1. The number of carboxylic acids is 1. The summed E-state index contributed by atoms with van der Waals surface area (Å²) in [6.07, 6.45) is 11.7. The van der Waals surface area contributed by atoms with Gasteiger partial charge in [-0.15, -0.1) is 0 Å². The molecule has 0 bridgehead atoms. The number of quaternary nitrogens is 1. The Balaban J connectivity index is 3.95. The van der Waals surface area contributed by atoms with Crippen LogP contribution in [0.2, 0.25) is 0 Å². The van der Waals surface area contributed by atoms with Crippen LogP contribution >= 0.6 is 0 Å². The van der Waals surface area contributed by atoms with Crippen LogP contribution in [0.4, 0.5) is 0 Å². The van der Waals surface area contributed by atoms with Crippen molar-refractivity contribution in [2.45, 2.75) is 70.8 Å². The van der Waals surface area contributed by atoms with Crippen LogP contribution in [0.15, 0.2) is 12.2 Å². The maximum atomic E-state index is 11.9. The van der Waals surface area contributed by atoms with Crippen molar-refractivity contribution in [3.05, 3.63) is 12.2 Å². The number of rotatable bonds is 14. The third-order valence-electron chi connectivity index (χ3n) is 3.59. The van der Waals surface area contributed by atoms with E-state index in [9.17, 15) is 9.59 Å². The van der Waals surface area contributed by atoms with Gasteiger partial charge in [0.1, 0.15) is 6.54 Å². The van der Waals surface area contributed by atoms with Crippen molar-refractivity contribution in [2.24, 2.45) is 0 Å². The zero-order chi connectivity index (χ0) is 18.4. The second-order valence-corrected chi connectivity index (χ2v) is 7.40. The van der Waals surface area contributed by atoms with Crippen molar-refractivity contribution >= 4 is 11.9 Å². The maximum absolute atomic E-state index is 11.9. The van der Waals surface area contributed by atoms with E-state index in [1.54, 1.807) is 0 Å². The smallest absolute Gasteiger partial charge is 0.307 e. The summed E-state index contributed by atoms with van der Waals surface area (Å²) in [6, 6.07) is 0. The minimum atomic E-state index is -0.938. The number of nitrogens with zero attached hydrogens (tertiary/aromatic N) is 1. The fourth-order valence-corrected chi connectivity index (χ4v) is 2.48. The van der Waals surface area contributed by atoms with Crippen LogP contribution in [-0.4, -0.2) is 55.3 Å². The molecule has 0 aliphatic carbocycles. The molecular formula is C19H36NO4+. The van der Waals surface area contributed by atoms with Crippen LogP contribution in [0.5, 0.6) is 0 Å². The molecule has 140 valence electrons. The highest BCUT2D eigenvalue weighted by Gasteiger charge is 2.24. The summed E-state index contributed by atoms with van der Waals surface area (Å²) in [6.45, 7) is 2.70. The largest absolute Gasteiger partial charge is 0.481 e. The molecule has 0 aliphatic heterocycles. The summed E-state index contributed by atoms with van der Waals surface area (Å²) >= 11 is 0. The van der Waals surface area contributed by atoms with Gasteiger partial charge >= 0.3 is 11.9 Å². The predicted molar refractivity (Wildman–Crippen MR) is 96.8 cm³/mol. The second kappa shape index (κ2) is 13.0. The molecule has 0 saturated heterocycles. The Bertz CT molecular complexity index is 385. The number of esters is 1. The van der Waals surface area contributed by atoms with Crippen LogP contribution in [0.1, 0.15) is 64.7 Å². The predicted octanol–water partition coefficient (Wildman–Crippen LogP) is 3.78. The first-order chi connectivity index (χ1) is 11.2. The van der Waals surface area contributed by atoms with Crippen molar-refractivity contribution in [3.63, 3.8) is 0 Å². The minimum Gasteiger partial charge on any atom is -0.481 e. The van der Waals surface area contributed by atoms with Crippen molar-refractivity contribution in [3.8, 4) is 0 Å². The standard InChI is InChI=1S/C19H35NO4/c1-5-6-7-8-9-10-11-12-13-14-19(23)24-17(15-18(21)22)16-20(2,3)4/h10-11,17H,5-9,12-16H2,1-4H3/p+1/b11-10-. The Kier molecular flexibility index (Phi) is 12.3. The quantitative estimate of drug-likeness (QED) is 0.226. The summed E-state index contributed by atoms with van der Waals surface area (Å²) in [4.78, 5) is 22.8. The molecule has 0 radical (unpaired) electrons. The van der Waals surface area contributed by atoms with Crippen LogP contribution in [-0.2, 0) is 14.3 Å². The Morgan fingerprint density at radius 1 is 1.04 bits per heavy atom. The SMILES string of the molecule is CCCCCC/C=C\CCCC(=O)OC(CC(=O)O)C[N+](C)(C)C. The number of carbonyl (C=O) groups is 2. The van der Waals surface area contributed by atoms with Crippen LogP contribution in [0, 0.1) is 0 Å². The lowest BCUT2D eigenvalue weighted by Crippen LogP contribution is -2.43. The highest BCUT2D eigenvalue weighted by atomic mass is 16.5. The normalized spacial score (nSPS) is 13.2. The van der Waals surface area contributed by atoms with E-state index in [1.165, 1.54) is 25.7 Å². The molecule has 0 aromatic carbocycles. The van der Waals surface area contributed by atoms with Gasteiger partial charge < -0.3 is 14.3 Å². The van der Waals surface area contributed by atoms with E-state index in [0.29, 0.717) is 17.4 Å². The maximum Gasteiger partial charge on any atom is 0.307 e. The van der Waals surface area contributed by atoms with E-state index in [0.717, 1.165) is 19.3 Å². The lowest BCUT2D eigenvalue weighted by molar-refractivity contribution is -0.873. The van der Waals surface area contributed by atoms with Crippen molar-refractivity contribution in [2.75, 3.05) is 27.7 Å². The van der Waals surface area contributed by atoms with Crippen molar-refractivity contribution < 1.29 is 23.9 Å². The number of aliphatic carboxylic acids is 1. The highest BCUT2D eigenvalue weighted by Crippen LogP contribution is 2.09. The highest BCUT2D eigenvalue weighted by molar-refractivity contribution is 5.71. The zero-order valence-corrected chi connectivity index (χ0v) is 15.9. The number of unbranched alkanes of at least 4 members (excludes halogenated alkanes) is 5. The summed E-state index contributed by atoms with van der Waals surface area (Å²) < 4.78 is 5.91. The third-order valence-corrected chi connectivity index (χ3v) is 3.59. The van der Waals surface area contributed by atoms with Gasteiger partial charge in [-0.2, -0.15) is 0 Å². The molecular weight excluding hydrogens is 306 g/mol. The molecule has 1 unspecified atom stereocenters. The van der Waals surface area contributed by atoms with Gasteiger partial charge in [0.05, 0.1) is 27.6 Å². The Hall–Kier alpha value is -1.36. The summed E-state index contributed by atoms with van der Waals surface area (Å²) in [5, 5.41) is 8.94. The number of allylic oxidation sites excluding steroid dienone is 2. The van der Waals surface area contributed by atoms with Crippen LogP contribution < -0.4 is 0 Å². The van der Waals surface area contributed by atoms with Gasteiger partial charge in [-0.25, -0.2) is 0 Å².